The molecule has 4 amide bonds. The second kappa shape index (κ2) is 5.12. The molecule has 1 aromatic carbocycles. The van der Waals surface area contributed by atoms with Crippen LogP contribution in [0.3, 0.4) is 0 Å². The number of rotatable bonds is 3. The molecule has 0 saturated heterocycles. The van der Waals surface area contributed by atoms with E-state index in [9.17, 15) is 19.2 Å². The lowest BCUT2D eigenvalue weighted by Crippen LogP contribution is -2.31. The summed E-state index contributed by atoms with van der Waals surface area (Å²) in [7, 11) is 1.40. The maximum Gasteiger partial charge on any atom is 0.261 e. The van der Waals surface area contributed by atoms with E-state index in [0.29, 0.717) is 11.3 Å². The van der Waals surface area contributed by atoms with Gasteiger partial charge in [-0.2, -0.15) is 0 Å². The van der Waals surface area contributed by atoms with Crippen LogP contribution < -0.4 is 10.6 Å². The number of nitrogens with one attached hydrogen (secondary N) is 2. The molecule has 1 aliphatic rings. The standard InChI is InChI=1S/C13H13N3O4/c1-7(17)14-6-11(18)15-8-3-4-9-10(5-8)13(20)16(2)12(9)19/h3-5H,6H2,1-2H3,(H,14,17)(H,15,18). The Morgan fingerprint density at radius 3 is 2.45 bits per heavy atom. The molecule has 2 rings (SSSR count). The second-order valence-corrected chi connectivity index (χ2v) is 4.39. The van der Waals surface area contributed by atoms with E-state index in [1.54, 1.807) is 0 Å². The highest BCUT2D eigenvalue weighted by Gasteiger charge is 2.32. The summed E-state index contributed by atoms with van der Waals surface area (Å²) in [6.45, 7) is 1.15. The molecular weight excluding hydrogens is 262 g/mol. The number of carbonyl (C=O) groups is 4. The van der Waals surface area contributed by atoms with Crippen molar-refractivity contribution in [1.29, 1.82) is 0 Å². The van der Waals surface area contributed by atoms with Gasteiger partial charge in [0, 0.05) is 19.7 Å². The van der Waals surface area contributed by atoms with Crippen molar-refractivity contribution in [2.45, 2.75) is 6.92 Å². The number of anilines is 1. The van der Waals surface area contributed by atoms with E-state index in [2.05, 4.69) is 10.6 Å². The van der Waals surface area contributed by atoms with Crippen LogP contribution in [0.25, 0.3) is 0 Å². The number of carbonyl (C=O) groups excluding carboxylic acids is 4. The van der Waals surface area contributed by atoms with Gasteiger partial charge < -0.3 is 10.6 Å². The zero-order valence-corrected chi connectivity index (χ0v) is 11.0. The fourth-order valence-electron chi connectivity index (χ4n) is 1.85. The van der Waals surface area contributed by atoms with Crippen molar-refractivity contribution in [2.24, 2.45) is 0 Å². The predicted molar refractivity (Wildman–Crippen MR) is 70.2 cm³/mol. The van der Waals surface area contributed by atoms with E-state index in [0.717, 1.165) is 4.90 Å². The number of nitrogens with zero attached hydrogens (tertiary/aromatic N) is 1. The van der Waals surface area contributed by atoms with Crippen molar-refractivity contribution >= 4 is 29.3 Å². The summed E-state index contributed by atoms with van der Waals surface area (Å²) >= 11 is 0. The Kier molecular flexibility index (Phi) is 3.51. The van der Waals surface area contributed by atoms with Gasteiger partial charge in [-0.3, -0.25) is 24.1 Å². The van der Waals surface area contributed by atoms with Crippen LogP contribution >= 0.6 is 0 Å². The molecule has 0 spiro atoms. The molecule has 1 heterocycles. The summed E-state index contributed by atoms with van der Waals surface area (Å²) in [6, 6.07) is 4.48. The van der Waals surface area contributed by atoms with Crippen LogP contribution in [0.2, 0.25) is 0 Å². The smallest absolute Gasteiger partial charge is 0.261 e. The first-order chi connectivity index (χ1) is 9.40. The van der Waals surface area contributed by atoms with Gasteiger partial charge in [-0.1, -0.05) is 0 Å². The third-order valence-corrected chi connectivity index (χ3v) is 2.87. The maximum absolute atomic E-state index is 11.8. The number of hydrogen-bond donors (Lipinski definition) is 2. The number of amides is 4. The maximum atomic E-state index is 11.8. The van der Waals surface area contributed by atoms with Gasteiger partial charge in [0.1, 0.15) is 0 Å². The highest BCUT2D eigenvalue weighted by atomic mass is 16.2. The molecule has 0 fully saturated rings. The first-order valence-corrected chi connectivity index (χ1v) is 5.91. The Bertz CT molecular complexity index is 624. The highest BCUT2D eigenvalue weighted by Crippen LogP contribution is 2.24. The van der Waals surface area contributed by atoms with Gasteiger partial charge in [-0.25, -0.2) is 0 Å². The van der Waals surface area contributed by atoms with E-state index >= 15 is 0 Å². The Morgan fingerprint density at radius 1 is 1.15 bits per heavy atom. The molecule has 20 heavy (non-hydrogen) atoms. The molecule has 7 nitrogen and oxygen atoms in total. The van der Waals surface area contributed by atoms with Crippen LogP contribution in [-0.4, -0.2) is 42.1 Å². The summed E-state index contributed by atoms with van der Waals surface area (Å²) < 4.78 is 0. The van der Waals surface area contributed by atoms with Crippen molar-refractivity contribution < 1.29 is 19.2 Å². The number of fused-ring (bicyclic) bond motifs is 1. The molecule has 2 N–H and O–H groups in total. The van der Waals surface area contributed by atoms with Crippen molar-refractivity contribution in [2.75, 3.05) is 18.9 Å². The summed E-state index contributed by atoms with van der Waals surface area (Å²) in [5.41, 5.74) is 0.975. The molecule has 0 saturated carbocycles. The van der Waals surface area contributed by atoms with Gasteiger partial charge >= 0.3 is 0 Å². The van der Waals surface area contributed by atoms with E-state index < -0.39 is 11.8 Å². The van der Waals surface area contributed by atoms with Crippen LogP contribution in [-0.2, 0) is 9.59 Å². The summed E-state index contributed by atoms with van der Waals surface area (Å²) in [5, 5.41) is 4.90. The van der Waals surface area contributed by atoms with Gasteiger partial charge in [-0.15, -0.1) is 0 Å². The van der Waals surface area contributed by atoms with Crippen LogP contribution in [0.1, 0.15) is 27.6 Å². The number of imide groups is 1. The third-order valence-electron chi connectivity index (χ3n) is 2.87. The van der Waals surface area contributed by atoms with Crippen molar-refractivity contribution in [3.63, 3.8) is 0 Å². The molecule has 104 valence electrons. The fourth-order valence-corrected chi connectivity index (χ4v) is 1.85. The van der Waals surface area contributed by atoms with Crippen LogP contribution in [0.15, 0.2) is 18.2 Å². The van der Waals surface area contributed by atoms with Gasteiger partial charge in [0.15, 0.2) is 0 Å². The Balaban J connectivity index is 2.13. The quantitative estimate of drug-likeness (QED) is 0.758. The Morgan fingerprint density at radius 2 is 1.80 bits per heavy atom. The summed E-state index contributed by atoms with van der Waals surface area (Å²) in [6.07, 6.45) is 0. The Labute approximate surface area is 114 Å². The predicted octanol–water partition coefficient (Wildman–Crippen LogP) is -0.0130. The van der Waals surface area contributed by atoms with Crippen molar-refractivity contribution in [1.82, 2.24) is 10.2 Å². The molecule has 0 unspecified atom stereocenters. The fraction of sp³-hybridized carbons (Fsp3) is 0.231. The lowest BCUT2D eigenvalue weighted by molar-refractivity contribution is -0.122. The minimum absolute atomic E-state index is 0.154. The average Bonchev–Trinajstić information content (AvgIpc) is 2.62. The molecule has 1 aliphatic heterocycles. The van der Waals surface area contributed by atoms with Crippen molar-refractivity contribution in [3.8, 4) is 0 Å². The molecule has 7 heteroatoms. The summed E-state index contributed by atoms with van der Waals surface area (Å²) in [5.74, 6) is -1.48. The average molecular weight is 275 g/mol. The largest absolute Gasteiger partial charge is 0.347 e. The number of hydrogen-bond acceptors (Lipinski definition) is 4. The topological polar surface area (TPSA) is 95.6 Å². The summed E-state index contributed by atoms with van der Waals surface area (Å²) in [4.78, 5) is 46.7. The molecule has 0 aliphatic carbocycles. The first-order valence-electron chi connectivity index (χ1n) is 5.91. The van der Waals surface area contributed by atoms with Crippen LogP contribution in [0, 0.1) is 0 Å². The van der Waals surface area contributed by atoms with E-state index in [-0.39, 0.29) is 23.9 Å². The van der Waals surface area contributed by atoms with Gasteiger partial charge in [-0.05, 0) is 18.2 Å². The molecule has 0 aromatic heterocycles. The zero-order chi connectivity index (χ0) is 14.9. The second-order valence-electron chi connectivity index (χ2n) is 4.39. The van der Waals surface area contributed by atoms with Crippen molar-refractivity contribution in [3.05, 3.63) is 29.3 Å². The minimum Gasteiger partial charge on any atom is -0.347 e. The molecule has 0 atom stereocenters. The van der Waals surface area contributed by atoms with E-state index in [1.165, 1.54) is 32.2 Å². The third kappa shape index (κ3) is 2.51. The van der Waals surface area contributed by atoms with Gasteiger partial charge in [0.05, 0.1) is 17.7 Å². The van der Waals surface area contributed by atoms with Gasteiger partial charge in [0.25, 0.3) is 11.8 Å². The van der Waals surface area contributed by atoms with E-state index in [4.69, 9.17) is 0 Å². The highest BCUT2D eigenvalue weighted by molar-refractivity contribution is 6.21. The molecule has 0 bridgehead atoms. The monoisotopic (exact) mass is 275 g/mol. The normalized spacial score (nSPS) is 13.2. The van der Waals surface area contributed by atoms with Crippen LogP contribution in [0.5, 0.6) is 0 Å². The first kappa shape index (κ1) is 13.7. The Hall–Kier alpha value is -2.70. The lowest BCUT2D eigenvalue weighted by Gasteiger charge is -2.06. The van der Waals surface area contributed by atoms with E-state index in [1.807, 2.05) is 0 Å². The molecule has 0 radical (unpaired) electrons. The van der Waals surface area contributed by atoms with Crippen LogP contribution in [0.4, 0.5) is 5.69 Å². The molecular formula is C13H13N3O4. The minimum atomic E-state index is -0.412. The zero-order valence-electron chi connectivity index (χ0n) is 11.0. The SMILES string of the molecule is CC(=O)NCC(=O)Nc1ccc2c(c1)C(=O)N(C)C2=O. The number of benzene rings is 1. The lowest BCUT2D eigenvalue weighted by atomic mass is 10.1. The van der Waals surface area contributed by atoms with Gasteiger partial charge in [0.2, 0.25) is 11.8 Å². The molecule has 1 aromatic rings.